The second kappa shape index (κ2) is 9.58. The molecule has 2 aromatic rings. The fourth-order valence-corrected chi connectivity index (χ4v) is 4.28. The molecule has 1 N–H and O–H groups in total. The van der Waals surface area contributed by atoms with Gasteiger partial charge in [0.25, 0.3) is 11.8 Å². The smallest absolute Gasteiger partial charge is 0.343 e. The first kappa shape index (κ1) is 22.7. The summed E-state index contributed by atoms with van der Waals surface area (Å²) in [5, 5.41) is 2.80. The number of benzene rings is 2. The number of halogens is 1. The van der Waals surface area contributed by atoms with Gasteiger partial charge >= 0.3 is 5.97 Å². The van der Waals surface area contributed by atoms with Gasteiger partial charge in [-0.25, -0.2) is 4.79 Å². The largest absolute Gasteiger partial charge is 0.423 e. The normalized spacial score (nSPS) is 16.8. The molecule has 8 heteroatoms. The number of hydrogen-bond acceptors (Lipinski definition) is 6. The van der Waals surface area contributed by atoms with Crippen LogP contribution in [0.25, 0.3) is 0 Å². The number of imide groups is 1. The molecule has 1 aliphatic carbocycles. The molecule has 1 heterocycles. The van der Waals surface area contributed by atoms with Crippen LogP contribution in [0.15, 0.2) is 59.3 Å². The second-order valence-electron chi connectivity index (χ2n) is 8.13. The summed E-state index contributed by atoms with van der Waals surface area (Å²) >= 11 is 6.20. The Morgan fingerprint density at radius 2 is 1.52 bits per heavy atom. The first-order chi connectivity index (χ1) is 15.8. The molecule has 0 aromatic heterocycles. The van der Waals surface area contributed by atoms with Crippen molar-refractivity contribution in [1.29, 1.82) is 0 Å². The second-order valence-corrected chi connectivity index (χ2v) is 8.51. The topological polar surface area (TPSA) is 92.8 Å². The Bertz CT molecular complexity index is 1130. The summed E-state index contributed by atoms with van der Waals surface area (Å²) in [6.45, 7) is 1.46. The number of ketones is 1. The average molecular weight is 467 g/mol. The number of anilines is 1. The van der Waals surface area contributed by atoms with Gasteiger partial charge in [0, 0.05) is 17.3 Å². The van der Waals surface area contributed by atoms with Crippen molar-refractivity contribution in [2.45, 2.75) is 45.1 Å². The van der Waals surface area contributed by atoms with Gasteiger partial charge in [-0.2, -0.15) is 0 Å². The highest BCUT2D eigenvalue weighted by Gasteiger charge is 2.42. The first-order valence-corrected chi connectivity index (χ1v) is 11.2. The van der Waals surface area contributed by atoms with Crippen LogP contribution >= 0.6 is 11.6 Å². The number of rotatable bonds is 6. The molecule has 2 aliphatic rings. The van der Waals surface area contributed by atoms with Crippen molar-refractivity contribution in [3.63, 3.8) is 0 Å². The highest BCUT2D eigenvalue weighted by atomic mass is 35.5. The Balaban J connectivity index is 1.41. The lowest BCUT2D eigenvalue weighted by molar-refractivity contribution is -0.140. The molecular weight excluding hydrogens is 444 g/mol. The number of carbonyl (C=O) groups is 4. The predicted molar refractivity (Wildman–Crippen MR) is 123 cm³/mol. The molecule has 0 unspecified atom stereocenters. The Hall–Kier alpha value is -3.45. The minimum absolute atomic E-state index is 0.0492. The Morgan fingerprint density at radius 1 is 0.909 bits per heavy atom. The molecule has 2 amide bonds. The van der Waals surface area contributed by atoms with Gasteiger partial charge in [0.05, 0.1) is 5.56 Å². The molecule has 1 fully saturated rings. The monoisotopic (exact) mass is 466 g/mol. The Labute approximate surface area is 196 Å². The molecule has 0 radical (unpaired) electrons. The molecule has 7 nitrogen and oxygen atoms in total. The van der Waals surface area contributed by atoms with E-state index < -0.39 is 17.8 Å². The van der Waals surface area contributed by atoms with E-state index >= 15 is 0 Å². The fraction of sp³-hybridized carbons (Fsp3) is 0.280. The predicted octanol–water partition coefficient (Wildman–Crippen LogP) is 4.67. The SMILES string of the molecule is CC(=O)c1ccc(OC(=O)c2ccc(NC3=C(Cl)C(=O)N(C4CCCCC4)C3=O)cc2)cc1. The van der Waals surface area contributed by atoms with Gasteiger partial charge in [-0.05, 0) is 68.3 Å². The molecule has 0 spiro atoms. The summed E-state index contributed by atoms with van der Waals surface area (Å²) in [6, 6.07) is 12.5. The summed E-state index contributed by atoms with van der Waals surface area (Å²) < 4.78 is 5.33. The quantitative estimate of drug-likeness (QED) is 0.288. The van der Waals surface area contributed by atoms with Gasteiger partial charge in [0.1, 0.15) is 16.5 Å². The number of hydrogen-bond donors (Lipinski definition) is 1. The molecule has 2 aromatic carbocycles. The van der Waals surface area contributed by atoms with Gasteiger partial charge in [0.15, 0.2) is 5.78 Å². The molecule has 0 bridgehead atoms. The molecule has 4 rings (SSSR count). The van der Waals surface area contributed by atoms with Crippen molar-refractivity contribution in [2.75, 3.05) is 5.32 Å². The van der Waals surface area contributed by atoms with Crippen molar-refractivity contribution in [1.82, 2.24) is 4.90 Å². The van der Waals surface area contributed by atoms with E-state index in [0.29, 0.717) is 22.6 Å². The minimum Gasteiger partial charge on any atom is -0.423 e. The van der Waals surface area contributed by atoms with Crippen LogP contribution < -0.4 is 10.1 Å². The van der Waals surface area contributed by atoms with E-state index in [2.05, 4.69) is 5.32 Å². The summed E-state index contributed by atoms with van der Waals surface area (Å²) in [5.74, 6) is -1.20. The lowest BCUT2D eigenvalue weighted by atomic mass is 9.94. The van der Waals surface area contributed by atoms with Crippen molar-refractivity contribution in [3.05, 3.63) is 70.4 Å². The van der Waals surface area contributed by atoms with Crippen LogP contribution in [0, 0.1) is 0 Å². The fourth-order valence-electron chi connectivity index (χ4n) is 4.06. The van der Waals surface area contributed by atoms with Gasteiger partial charge in [-0.1, -0.05) is 30.9 Å². The maximum absolute atomic E-state index is 12.9. The zero-order valence-corrected chi connectivity index (χ0v) is 18.9. The summed E-state index contributed by atoms with van der Waals surface area (Å²) in [7, 11) is 0. The van der Waals surface area contributed by atoms with Crippen LogP contribution in [0.2, 0.25) is 0 Å². The van der Waals surface area contributed by atoms with Crippen molar-refractivity contribution < 1.29 is 23.9 Å². The lowest BCUT2D eigenvalue weighted by Crippen LogP contribution is -2.42. The van der Waals surface area contributed by atoms with E-state index in [4.69, 9.17) is 16.3 Å². The molecule has 33 heavy (non-hydrogen) atoms. The number of ether oxygens (including phenoxy) is 1. The number of amides is 2. The van der Waals surface area contributed by atoms with Crippen LogP contribution in [0.1, 0.15) is 59.7 Å². The van der Waals surface area contributed by atoms with E-state index in [-0.39, 0.29) is 22.6 Å². The maximum atomic E-state index is 12.9. The van der Waals surface area contributed by atoms with Gasteiger partial charge < -0.3 is 10.1 Å². The maximum Gasteiger partial charge on any atom is 0.343 e. The summed E-state index contributed by atoms with van der Waals surface area (Å²) in [4.78, 5) is 50.5. The Morgan fingerprint density at radius 3 is 2.12 bits per heavy atom. The minimum atomic E-state index is -0.565. The van der Waals surface area contributed by atoms with Crippen LogP contribution in [0.4, 0.5) is 5.69 Å². The van der Waals surface area contributed by atoms with Crippen molar-refractivity contribution >= 4 is 40.9 Å². The third kappa shape index (κ3) is 4.83. The van der Waals surface area contributed by atoms with Crippen molar-refractivity contribution in [3.8, 4) is 5.75 Å². The highest BCUT2D eigenvalue weighted by Crippen LogP contribution is 2.32. The Kier molecular flexibility index (Phi) is 6.60. The van der Waals surface area contributed by atoms with Crippen LogP contribution in [0.3, 0.4) is 0 Å². The zero-order valence-electron chi connectivity index (χ0n) is 18.1. The molecule has 0 saturated heterocycles. The average Bonchev–Trinajstić information content (AvgIpc) is 3.03. The third-order valence-electron chi connectivity index (χ3n) is 5.86. The summed E-state index contributed by atoms with van der Waals surface area (Å²) in [6.07, 6.45) is 4.67. The molecule has 1 saturated carbocycles. The van der Waals surface area contributed by atoms with Crippen LogP contribution in [-0.4, -0.2) is 34.5 Å². The number of esters is 1. The summed E-state index contributed by atoms with van der Waals surface area (Å²) in [5.41, 5.74) is 1.39. The first-order valence-electron chi connectivity index (χ1n) is 10.8. The number of nitrogens with one attached hydrogen (secondary N) is 1. The third-order valence-corrected chi connectivity index (χ3v) is 6.21. The molecule has 0 atom stereocenters. The highest BCUT2D eigenvalue weighted by molar-refractivity contribution is 6.48. The molecular formula is C25H23ClN2O5. The van der Waals surface area contributed by atoms with E-state index in [1.54, 1.807) is 48.5 Å². The van der Waals surface area contributed by atoms with Crippen LogP contribution in [0.5, 0.6) is 5.75 Å². The zero-order chi connectivity index (χ0) is 23.5. The van der Waals surface area contributed by atoms with Gasteiger partial charge in [-0.15, -0.1) is 0 Å². The number of nitrogens with zero attached hydrogens (tertiary/aromatic N) is 1. The lowest BCUT2D eigenvalue weighted by Gasteiger charge is -2.29. The molecule has 170 valence electrons. The molecule has 1 aliphatic heterocycles. The van der Waals surface area contributed by atoms with E-state index in [0.717, 1.165) is 32.1 Å². The van der Waals surface area contributed by atoms with Gasteiger partial charge in [-0.3, -0.25) is 19.3 Å². The number of carbonyl (C=O) groups excluding carboxylic acids is 4. The van der Waals surface area contributed by atoms with Gasteiger partial charge in [0.2, 0.25) is 0 Å². The standard InChI is InChI=1S/C25H23ClN2O5/c1-15(29)16-9-13-20(14-10-16)33-25(32)17-7-11-18(12-8-17)27-22-21(26)23(30)28(24(22)31)19-5-3-2-4-6-19/h7-14,19,27H,2-6H2,1H3. The van der Waals surface area contributed by atoms with E-state index in [1.807, 2.05) is 0 Å². The van der Waals surface area contributed by atoms with Crippen LogP contribution in [-0.2, 0) is 9.59 Å². The van der Waals surface area contributed by atoms with E-state index in [9.17, 15) is 19.2 Å². The van der Waals surface area contributed by atoms with Crippen molar-refractivity contribution in [2.24, 2.45) is 0 Å². The van der Waals surface area contributed by atoms with E-state index in [1.165, 1.54) is 11.8 Å². The number of Topliss-reactive ketones (excluding diaryl/α,β-unsaturated/α-hetero) is 1.